The van der Waals surface area contributed by atoms with Crippen LogP contribution in [-0.2, 0) is 4.79 Å². The average Bonchev–Trinajstić information content (AvgIpc) is 3.01. The van der Waals surface area contributed by atoms with Crippen LogP contribution >= 0.6 is 11.6 Å². The molecule has 0 unspecified atom stereocenters. The Labute approximate surface area is 266 Å². The summed E-state index contributed by atoms with van der Waals surface area (Å²) in [4.78, 5) is 35.4. The van der Waals surface area contributed by atoms with Gasteiger partial charge in [0.2, 0.25) is 0 Å². The smallest absolute Gasteiger partial charge is 0.335 e. The van der Waals surface area contributed by atoms with E-state index in [0.29, 0.717) is 12.4 Å². The van der Waals surface area contributed by atoms with E-state index in [-0.39, 0.29) is 22.4 Å². The first-order chi connectivity index (χ1) is 21.2. The van der Waals surface area contributed by atoms with Gasteiger partial charge in [-0.1, -0.05) is 127 Å². The number of ether oxygens (including phenoxy) is 1. The third kappa shape index (κ3) is 13.8. The number of benzene rings is 2. The summed E-state index contributed by atoms with van der Waals surface area (Å²) in [5.41, 5.74) is -0.504. The molecule has 44 heavy (non-hydrogen) atoms. The van der Waals surface area contributed by atoms with Crippen molar-refractivity contribution in [2.45, 2.75) is 110 Å². The highest BCUT2D eigenvalue weighted by Gasteiger charge is 2.19. The van der Waals surface area contributed by atoms with Crippen LogP contribution in [0.15, 0.2) is 47.5 Å². The normalized spacial score (nSPS) is 11.6. The first kappa shape index (κ1) is 36.7. The van der Waals surface area contributed by atoms with Crippen LogP contribution in [0.3, 0.4) is 0 Å². The van der Waals surface area contributed by atoms with Gasteiger partial charge in [0.05, 0.1) is 23.3 Å². The molecular formula is C35H48ClNO7. The summed E-state index contributed by atoms with van der Waals surface area (Å²) in [5, 5.41) is 31.1. The standard InChI is InChI=1S/C35H48ClNO7/c1-2-3-4-5-6-7-8-9-10-11-12-13-14-15-16-19-22-44-30-21-18-17-20-29(30)32(38)31(36)33(39)37-28-24-26(34(40)41)23-27(25-28)35(42)43/h17-18,20-21,23-25,38H,2-16,19,22H2,1H3,(H,37,39)(H,40,41)(H,42,43). The average molecular weight is 630 g/mol. The first-order valence-electron chi connectivity index (χ1n) is 16.0. The predicted octanol–water partition coefficient (Wildman–Crippen LogP) is 9.83. The minimum atomic E-state index is -1.36. The third-order valence-corrected chi connectivity index (χ3v) is 7.84. The lowest BCUT2D eigenvalue weighted by molar-refractivity contribution is -0.112. The summed E-state index contributed by atoms with van der Waals surface area (Å²) in [6.45, 7) is 2.71. The molecule has 0 heterocycles. The molecular weight excluding hydrogens is 582 g/mol. The number of halogens is 1. The van der Waals surface area contributed by atoms with Crippen molar-refractivity contribution in [3.63, 3.8) is 0 Å². The van der Waals surface area contributed by atoms with Crippen molar-refractivity contribution in [1.82, 2.24) is 0 Å². The predicted molar refractivity (Wildman–Crippen MR) is 176 cm³/mol. The van der Waals surface area contributed by atoms with Gasteiger partial charge in [0.15, 0.2) is 5.76 Å². The maximum atomic E-state index is 12.7. The Morgan fingerprint density at radius 2 is 1.14 bits per heavy atom. The van der Waals surface area contributed by atoms with Crippen LogP contribution in [0.5, 0.6) is 5.75 Å². The second-order valence-electron chi connectivity index (χ2n) is 11.2. The molecule has 2 aromatic rings. The van der Waals surface area contributed by atoms with Gasteiger partial charge in [0.1, 0.15) is 10.8 Å². The summed E-state index contributed by atoms with van der Waals surface area (Å²) in [7, 11) is 0. The van der Waals surface area contributed by atoms with E-state index in [2.05, 4.69) is 12.2 Å². The molecule has 0 bridgehead atoms. The molecule has 0 fully saturated rings. The molecule has 0 saturated heterocycles. The number of carbonyl (C=O) groups is 3. The molecule has 2 aromatic carbocycles. The lowest BCUT2D eigenvalue weighted by Gasteiger charge is -2.13. The fourth-order valence-corrected chi connectivity index (χ4v) is 5.13. The lowest BCUT2D eigenvalue weighted by atomic mass is 10.0. The van der Waals surface area contributed by atoms with E-state index in [1.807, 2.05) is 0 Å². The highest BCUT2D eigenvalue weighted by atomic mass is 35.5. The summed E-state index contributed by atoms with van der Waals surface area (Å²) < 4.78 is 5.89. The molecule has 4 N–H and O–H groups in total. The molecule has 0 radical (unpaired) electrons. The molecule has 0 atom stereocenters. The Kier molecular flexibility index (Phi) is 17.7. The fourth-order valence-electron chi connectivity index (χ4n) is 4.98. The second kappa shape index (κ2) is 21.2. The molecule has 1 amide bonds. The number of para-hydroxylation sites is 1. The minimum absolute atomic E-state index is 0.0914. The summed E-state index contributed by atoms with van der Waals surface area (Å²) in [6, 6.07) is 9.84. The number of aliphatic hydroxyl groups is 1. The van der Waals surface area contributed by atoms with E-state index in [1.165, 1.54) is 83.5 Å². The number of aliphatic hydroxyl groups excluding tert-OH is 1. The van der Waals surface area contributed by atoms with Gasteiger partial charge >= 0.3 is 11.9 Å². The first-order valence-corrected chi connectivity index (χ1v) is 16.4. The number of carbonyl (C=O) groups excluding carboxylic acids is 1. The van der Waals surface area contributed by atoms with Crippen molar-refractivity contribution in [1.29, 1.82) is 0 Å². The summed E-state index contributed by atoms with van der Waals surface area (Å²) in [6.07, 6.45) is 20.5. The number of amides is 1. The van der Waals surface area contributed by atoms with Crippen molar-refractivity contribution in [2.24, 2.45) is 0 Å². The zero-order valence-corrected chi connectivity index (χ0v) is 26.7. The molecule has 242 valence electrons. The van der Waals surface area contributed by atoms with Crippen molar-refractivity contribution in [2.75, 3.05) is 11.9 Å². The summed E-state index contributed by atoms with van der Waals surface area (Å²) in [5.74, 6) is -3.79. The molecule has 2 rings (SSSR count). The van der Waals surface area contributed by atoms with Crippen LogP contribution in [0.4, 0.5) is 5.69 Å². The van der Waals surface area contributed by atoms with Gasteiger partial charge in [-0.25, -0.2) is 9.59 Å². The van der Waals surface area contributed by atoms with Crippen molar-refractivity contribution < 1.29 is 34.4 Å². The number of hydrogen-bond donors (Lipinski definition) is 4. The molecule has 0 aromatic heterocycles. The van der Waals surface area contributed by atoms with Gasteiger partial charge in [0.25, 0.3) is 5.91 Å². The molecule has 9 heteroatoms. The fraction of sp³-hybridized carbons (Fsp3) is 0.514. The minimum Gasteiger partial charge on any atom is -0.505 e. The van der Waals surface area contributed by atoms with Gasteiger partial charge in [0, 0.05) is 5.69 Å². The zero-order chi connectivity index (χ0) is 32.2. The van der Waals surface area contributed by atoms with E-state index >= 15 is 0 Å². The number of anilines is 1. The second-order valence-corrected chi connectivity index (χ2v) is 11.6. The molecule has 0 aliphatic rings. The van der Waals surface area contributed by atoms with E-state index < -0.39 is 28.6 Å². The topological polar surface area (TPSA) is 133 Å². The van der Waals surface area contributed by atoms with Crippen LogP contribution in [0.2, 0.25) is 0 Å². The quantitative estimate of drug-likeness (QED) is 0.0546. The van der Waals surface area contributed by atoms with Gasteiger partial charge in [-0.05, 0) is 36.8 Å². The van der Waals surface area contributed by atoms with Crippen LogP contribution in [0.1, 0.15) is 136 Å². The monoisotopic (exact) mass is 629 g/mol. The number of nitrogens with one attached hydrogen (secondary N) is 1. The molecule has 0 aliphatic heterocycles. The highest BCUT2D eigenvalue weighted by Crippen LogP contribution is 2.29. The Balaban J connectivity index is 1.73. The van der Waals surface area contributed by atoms with E-state index in [9.17, 15) is 29.7 Å². The number of rotatable bonds is 23. The van der Waals surface area contributed by atoms with E-state index in [0.717, 1.165) is 37.5 Å². The molecule has 0 spiro atoms. The van der Waals surface area contributed by atoms with Crippen molar-refractivity contribution >= 4 is 40.9 Å². The van der Waals surface area contributed by atoms with Gasteiger partial charge in [-0.15, -0.1) is 0 Å². The van der Waals surface area contributed by atoms with Crippen molar-refractivity contribution in [3.8, 4) is 5.75 Å². The largest absolute Gasteiger partial charge is 0.505 e. The van der Waals surface area contributed by atoms with Gasteiger partial charge in [-0.3, -0.25) is 4.79 Å². The van der Waals surface area contributed by atoms with Crippen molar-refractivity contribution in [3.05, 3.63) is 64.2 Å². The number of hydrogen-bond acceptors (Lipinski definition) is 5. The molecule has 8 nitrogen and oxygen atoms in total. The highest BCUT2D eigenvalue weighted by molar-refractivity contribution is 6.46. The maximum absolute atomic E-state index is 12.7. The van der Waals surface area contributed by atoms with Crippen LogP contribution in [-0.4, -0.2) is 39.8 Å². The Hall–Kier alpha value is -3.52. The number of carboxylic acids is 2. The number of carboxylic acid groups (broad SMARTS) is 2. The maximum Gasteiger partial charge on any atom is 0.335 e. The van der Waals surface area contributed by atoms with E-state index in [4.69, 9.17) is 16.3 Å². The number of unbranched alkanes of at least 4 members (excludes halogenated alkanes) is 15. The SMILES string of the molecule is CCCCCCCCCCCCCCCCCCOc1ccccc1C(O)=C(Cl)C(=O)Nc1cc(C(=O)O)cc(C(=O)O)c1. The Morgan fingerprint density at radius 1 is 0.682 bits per heavy atom. The Morgan fingerprint density at radius 3 is 1.61 bits per heavy atom. The van der Waals surface area contributed by atoms with Crippen LogP contribution in [0, 0.1) is 0 Å². The summed E-state index contributed by atoms with van der Waals surface area (Å²) >= 11 is 6.18. The zero-order valence-electron chi connectivity index (χ0n) is 25.9. The third-order valence-electron chi connectivity index (χ3n) is 7.49. The number of aromatic carboxylic acids is 2. The lowest BCUT2D eigenvalue weighted by Crippen LogP contribution is -2.15. The molecule has 0 saturated carbocycles. The van der Waals surface area contributed by atoms with Gasteiger partial charge < -0.3 is 25.4 Å². The van der Waals surface area contributed by atoms with Gasteiger partial charge in [-0.2, -0.15) is 0 Å². The van der Waals surface area contributed by atoms with E-state index in [1.54, 1.807) is 24.3 Å². The Bertz CT molecular complexity index is 1200. The van der Waals surface area contributed by atoms with Crippen LogP contribution < -0.4 is 10.1 Å². The molecule has 0 aliphatic carbocycles. The van der Waals surface area contributed by atoms with Crippen LogP contribution in [0.25, 0.3) is 5.76 Å².